The van der Waals surface area contributed by atoms with Gasteiger partial charge in [0.05, 0.1) is 6.20 Å². The van der Waals surface area contributed by atoms with Crippen LogP contribution in [0.5, 0.6) is 0 Å². The summed E-state index contributed by atoms with van der Waals surface area (Å²) in [7, 11) is 0. The molecule has 0 aliphatic carbocycles. The van der Waals surface area contributed by atoms with E-state index in [9.17, 15) is 0 Å². The first-order valence-corrected chi connectivity index (χ1v) is 6.91. The van der Waals surface area contributed by atoms with E-state index in [-0.39, 0.29) is 0 Å². The lowest BCUT2D eigenvalue weighted by Crippen LogP contribution is -1.79. The van der Waals surface area contributed by atoms with Crippen molar-refractivity contribution in [1.29, 1.82) is 0 Å². The second-order valence-corrected chi connectivity index (χ2v) is 4.22. The molecule has 0 spiro atoms. The Morgan fingerprint density at radius 2 is 1.30 bits per heavy atom. The summed E-state index contributed by atoms with van der Waals surface area (Å²) in [6.07, 6.45) is 1.74. The number of hydrogen-bond acceptors (Lipinski definition) is 2. The highest BCUT2D eigenvalue weighted by molar-refractivity contribution is 5.67. The summed E-state index contributed by atoms with van der Waals surface area (Å²) in [6, 6.07) is 18.6. The van der Waals surface area contributed by atoms with Crippen molar-refractivity contribution < 1.29 is 4.42 Å². The van der Waals surface area contributed by atoms with Gasteiger partial charge in [-0.15, -0.1) is 0 Å². The van der Waals surface area contributed by atoms with E-state index < -0.39 is 0 Å². The zero-order valence-electron chi connectivity index (χ0n) is 12.1. The quantitative estimate of drug-likeness (QED) is 0.624. The fraction of sp³-hybridized carbons (Fsp3) is 0.167. The first kappa shape index (κ1) is 14.1. The average molecular weight is 265 g/mol. The molecule has 0 saturated carbocycles. The minimum Gasteiger partial charge on any atom is -0.441 e. The van der Waals surface area contributed by atoms with Gasteiger partial charge in [-0.1, -0.05) is 56.3 Å². The van der Waals surface area contributed by atoms with Gasteiger partial charge in [0, 0.05) is 5.56 Å². The van der Waals surface area contributed by atoms with Crippen LogP contribution in [0.25, 0.3) is 22.6 Å². The molecule has 0 amide bonds. The summed E-state index contributed by atoms with van der Waals surface area (Å²) in [4.78, 5) is 4.22. The van der Waals surface area contributed by atoms with Crippen LogP contribution in [0.15, 0.2) is 65.2 Å². The van der Waals surface area contributed by atoms with Gasteiger partial charge < -0.3 is 4.42 Å². The standard InChI is InChI=1S/C16H13NO.C2H6/c1-12-11-17-16(18-12)15-9-7-14(8-10-15)13-5-3-2-4-6-13;1-2/h2-11H,1H3;1-2H3. The highest BCUT2D eigenvalue weighted by Crippen LogP contribution is 2.24. The first-order chi connectivity index (χ1) is 9.83. The number of aryl methyl sites for hydroxylation is 1. The number of benzene rings is 2. The minimum atomic E-state index is 0.673. The van der Waals surface area contributed by atoms with Crippen molar-refractivity contribution in [3.63, 3.8) is 0 Å². The summed E-state index contributed by atoms with van der Waals surface area (Å²) in [5, 5.41) is 0. The molecule has 0 aliphatic rings. The predicted octanol–water partition coefficient (Wildman–Crippen LogP) is 5.34. The van der Waals surface area contributed by atoms with Crippen molar-refractivity contribution >= 4 is 0 Å². The maximum atomic E-state index is 5.50. The molecule has 3 rings (SSSR count). The van der Waals surface area contributed by atoms with E-state index >= 15 is 0 Å². The van der Waals surface area contributed by atoms with Crippen LogP contribution in [0.2, 0.25) is 0 Å². The number of rotatable bonds is 2. The van der Waals surface area contributed by atoms with Gasteiger partial charge in [-0.2, -0.15) is 0 Å². The maximum absolute atomic E-state index is 5.50. The Morgan fingerprint density at radius 3 is 1.85 bits per heavy atom. The Bertz CT molecular complexity index is 639. The van der Waals surface area contributed by atoms with E-state index in [0.29, 0.717) is 5.89 Å². The van der Waals surface area contributed by atoms with Gasteiger partial charge in [-0.25, -0.2) is 4.98 Å². The number of oxazole rings is 1. The molecule has 2 aromatic carbocycles. The average Bonchev–Trinajstić information content (AvgIpc) is 2.97. The molecule has 1 heterocycles. The highest BCUT2D eigenvalue weighted by Gasteiger charge is 2.04. The van der Waals surface area contributed by atoms with Crippen LogP contribution < -0.4 is 0 Å². The Balaban J connectivity index is 0.000000704. The third-order valence-electron chi connectivity index (χ3n) is 2.86. The zero-order valence-corrected chi connectivity index (χ0v) is 12.1. The minimum absolute atomic E-state index is 0.673. The predicted molar refractivity (Wildman–Crippen MR) is 83.5 cm³/mol. The van der Waals surface area contributed by atoms with Crippen molar-refractivity contribution in [1.82, 2.24) is 4.98 Å². The third kappa shape index (κ3) is 3.15. The van der Waals surface area contributed by atoms with Crippen LogP contribution in [-0.4, -0.2) is 4.98 Å². The molecule has 0 N–H and O–H groups in total. The van der Waals surface area contributed by atoms with Crippen molar-refractivity contribution in [3.8, 4) is 22.6 Å². The van der Waals surface area contributed by atoms with Gasteiger partial charge >= 0.3 is 0 Å². The lowest BCUT2D eigenvalue weighted by molar-refractivity contribution is 0.542. The Morgan fingerprint density at radius 1 is 0.750 bits per heavy atom. The van der Waals surface area contributed by atoms with E-state index in [1.807, 2.05) is 51.1 Å². The molecule has 0 unspecified atom stereocenters. The van der Waals surface area contributed by atoms with Crippen molar-refractivity contribution in [3.05, 3.63) is 66.6 Å². The van der Waals surface area contributed by atoms with Crippen LogP contribution in [0.4, 0.5) is 0 Å². The summed E-state index contributed by atoms with van der Waals surface area (Å²) < 4.78 is 5.50. The summed E-state index contributed by atoms with van der Waals surface area (Å²) in [6.45, 7) is 5.90. The lowest BCUT2D eigenvalue weighted by atomic mass is 10.0. The summed E-state index contributed by atoms with van der Waals surface area (Å²) in [5.74, 6) is 1.50. The van der Waals surface area contributed by atoms with Crippen molar-refractivity contribution in [2.75, 3.05) is 0 Å². The molecule has 0 atom stereocenters. The van der Waals surface area contributed by atoms with E-state index in [1.165, 1.54) is 11.1 Å². The number of aromatic nitrogens is 1. The molecule has 3 aromatic rings. The molecule has 1 aromatic heterocycles. The summed E-state index contributed by atoms with van der Waals surface area (Å²) >= 11 is 0. The smallest absolute Gasteiger partial charge is 0.226 e. The molecular weight excluding hydrogens is 246 g/mol. The van der Waals surface area contributed by atoms with Crippen molar-refractivity contribution in [2.45, 2.75) is 20.8 Å². The topological polar surface area (TPSA) is 26.0 Å². The normalized spacial score (nSPS) is 9.75. The molecule has 2 heteroatoms. The second-order valence-electron chi connectivity index (χ2n) is 4.22. The number of nitrogens with zero attached hydrogens (tertiary/aromatic N) is 1. The molecular formula is C18H19NO. The van der Waals surface area contributed by atoms with Gasteiger partial charge in [-0.05, 0) is 30.2 Å². The Labute approximate surface area is 120 Å². The molecule has 0 bridgehead atoms. The molecule has 0 aliphatic heterocycles. The molecule has 2 nitrogen and oxygen atoms in total. The second kappa shape index (κ2) is 6.71. The van der Waals surface area contributed by atoms with Crippen LogP contribution >= 0.6 is 0 Å². The lowest BCUT2D eigenvalue weighted by Gasteiger charge is -2.02. The number of hydrogen-bond donors (Lipinski definition) is 0. The van der Waals surface area contributed by atoms with Gasteiger partial charge in [0.1, 0.15) is 5.76 Å². The van der Waals surface area contributed by atoms with Gasteiger partial charge in [0.15, 0.2) is 0 Å². The zero-order chi connectivity index (χ0) is 14.4. The SMILES string of the molecule is CC.Cc1cnc(-c2ccc(-c3ccccc3)cc2)o1. The van der Waals surface area contributed by atoms with E-state index in [2.05, 4.69) is 29.2 Å². The van der Waals surface area contributed by atoms with Crippen molar-refractivity contribution in [2.24, 2.45) is 0 Å². The molecule has 20 heavy (non-hydrogen) atoms. The van der Waals surface area contributed by atoms with Crippen LogP contribution in [0.3, 0.4) is 0 Å². The van der Waals surface area contributed by atoms with Gasteiger partial charge in [0.25, 0.3) is 0 Å². The highest BCUT2D eigenvalue weighted by atomic mass is 16.4. The van der Waals surface area contributed by atoms with Crippen LogP contribution in [0, 0.1) is 6.92 Å². The summed E-state index contributed by atoms with van der Waals surface area (Å²) in [5.41, 5.74) is 3.41. The fourth-order valence-corrected chi connectivity index (χ4v) is 1.92. The Hall–Kier alpha value is -2.35. The molecule has 0 radical (unpaired) electrons. The van der Waals surface area contributed by atoms with E-state index in [4.69, 9.17) is 4.42 Å². The van der Waals surface area contributed by atoms with E-state index in [1.54, 1.807) is 6.20 Å². The monoisotopic (exact) mass is 265 g/mol. The first-order valence-electron chi connectivity index (χ1n) is 6.91. The maximum Gasteiger partial charge on any atom is 0.226 e. The Kier molecular flexibility index (Phi) is 4.72. The van der Waals surface area contributed by atoms with Crippen LogP contribution in [0.1, 0.15) is 19.6 Å². The molecule has 0 fully saturated rings. The third-order valence-corrected chi connectivity index (χ3v) is 2.86. The van der Waals surface area contributed by atoms with Gasteiger partial charge in [-0.3, -0.25) is 0 Å². The molecule has 102 valence electrons. The van der Waals surface area contributed by atoms with Crippen LogP contribution in [-0.2, 0) is 0 Å². The molecule has 0 saturated heterocycles. The van der Waals surface area contributed by atoms with Gasteiger partial charge in [0.2, 0.25) is 5.89 Å². The fourth-order valence-electron chi connectivity index (χ4n) is 1.92. The largest absolute Gasteiger partial charge is 0.441 e. The van der Waals surface area contributed by atoms with E-state index in [0.717, 1.165) is 11.3 Å².